The number of alkyl halides is 52. The molecule has 0 amide bonds. The van der Waals surface area contributed by atoms with E-state index in [1.807, 2.05) is 0 Å². The van der Waals surface area contributed by atoms with Gasteiger partial charge in [-0.05, 0) is 64.2 Å². The number of nitrogens with zero attached hydrogens (tertiary/aromatic N) is 8. The predicted octanol–water partition coefficient (Wildman–Crippen LogP) is 19.0. The van der Waals surface area contributed by atoms with Gasteiger partial charge in [0, 0.05) is 24.2 Å². The van der Waals surface area contributed by atoms with Crippen LogP contribution in [0.5, 0.6) is 24.0 Å². The van der Waals surface area contributed by atoms with Crippen molar-refractivity contribution in [2.75, 3.05) is 49.3 Å². The van der Waals surface area contributed by atoms with E-state index in [-0.39, 0.29) is 6.42 Å². The quantitative estimate of drug-likeness (QED) is 0.0620. The normalized spacial score (nSPS) is 21.0. The zero-order valence-corrected chi connectivity index (χ0v) is 52.5. The fourth-order valence-corrected chi connectivity index (χ4v) is 11.5. The van der Waals surface area contributed by atoms with E-state index in [1.54, 1.807) is 0 Å². The van der Waals surface area contributed by atoms with Gasteiger partial charge in [0.1, 0.15) is 0 Å². The Kier molecular flexibility index (Phi) is 23.4. The molecule has 0 saturated heterocycles. The van der Waals surface area contributed by atoms with E-state index in [0.717, 1.165) is 0 Å². The molecule has 0 aromatic carbocycles. The molecular formula is C48H32F52N8O4. The standard InChI is InChI=1S/C48H32F52N8O4/c1-3-107(17-101-19(109-11-25(49,50)29(57,58)33(65,66)37(73,74)41(81,82)45(89,90)91)105-20(102-17)110-12-26(51,52)30(59,60)34(67,68)38(75,76)42(83,84)46(92,93)94)23-6-15-5-16(7-23)9-24(8-15,10-23)108(4-2)18-103-21(111-13-27(53,54)31(61,62)35(69,70)39(77,78)43(85,86)47(95,96)97)106-22(104-18)112-14-28(55,56)32(63,64)36(71,72)40(79,80)44(87,88)48(98,99)100/h15-16H,3-14H2,1-2H3. The van der Waals surface area contributed by atoms with E-state index in [4.69, 9.17) is 0 Å². The average molecular weight is 1770 g/mol. The molecule has 4 aliphatic rings. The first-order valence-corrected chi connectivity index (χ1v) is 28.4. The van der Waals surface area contributed by atoms with Crippen LogP contribution in [0, 0.1) is 11.8 Å². The van der Waals surface area contributed by atoms with Gasteiger partial charge in [0.05, 0.1) is 0 Å². The van der Waals surface area contributed by atoms with Gasteiger partial charge in [0.2, 0.25) is 11.9 Å². The number of anilines is 2. The van der Waals surface area contributed by atoms with Gasteiger partial charge >= 0.3 is 167 Å². The molecule has 4 bridgehead atoms. The van der Waals surface area contributed by atoms with Crippen LogP contribution in [-0.2, 0) is 0 Å². The molecule has 2 heterocycles. The van der Waals surface area contributed by atoms with Crippen molar-refractivity contribution >= 4 is 11.9 Å². The Morgan fingerprint density at radius 1 is 0.250 bits per heavy atom. The summed E-state index contributed by atoms with van der Waals surface area (Å²) in [4.78, 5) is 17.7. The van der Waals surface area contributed by atoms with Crippen LogP contribution in [-0.4, -0.2) is 224 Å². The summed E-state index contributed by atoms with van der Waals surface area (Å²) in [6.45, 7) is -17.2. The largest absolute Gasteiger partial charge is 0.460 e. The van der Waals surface area contributed by atoms with Crippen molar-refractivity contribution in [1.82, 2.24) is 29.9 Å². The van der Waals surface area contributed by atoms with Crippen molar-refractivity contribution in [2.45, 2.75) is 207 Å². The van der Waals surface area contributed by atoms with Crippen LogP contribution in [0.1, 0.15) is 52.4 Å². The van der Waals surface area contributed by atoms with Crippen molar-refractivity contribution in [2.24, 2.45) is 11.8 Å². The summed E-state index contributed by atoms with van der Waals surface area (Å²) >= 11 is 0. The van der Waals surface area contributed by atoms with Crippen LogP contribution in [0.4, 0.5) is 240 Å². The molecule has 0 spiro atoms. The first-order chi connectivity index (χ1) is 49.0. The van der Waals surface area contributed by atoms with Gasteiger partial charge in [-0.1, -0.05) is 0 Å². The summed E-state index contributed by atoms with van der Waals surface area (Å²) in [7, 11) is 0. The van der Waals surface area contributed by atoms with Crippen molar-refractivity contribution in [3.63, 3.8) is 0 Å². The van der Waals surface area contributed by atoms with Gasteiger partial charge in [-0.15, -0.1) is 9.97 Å². The van der Waals surface area contributed by atoms with Crippen LogP contribution in [0.25, 0.3) is 0 Å². The molecular weight excluding hydrogens is 1740 g/mol. The Morgan fingerprint density at radius 2 is 0.411 bits per heavy atom. The second-order valence-electron chi connectivity index (χ2n) is 24.5. The smallest absolute Gasteiger partial charge is 0.457 e. The van der Waals surface area contributed by atoms with Crippen LogP contribution in [0.2, 0.25) is 0 Å². The summed E-state index contributed by atoms with van der Waals surface area (Å²) in [5.41, 5.74) is -4.85. The average Bonchev–Trinajstić information content (AvgIpc) is 0.708. The topological polar surface area (TPSA) is 121 Å². The maximum atomic E-state index is 15.1. The molecule has 0 atom stereocenters. The van der Waals surface area contributed by atoms with Crippen LogP contribution in [0.15, 0.2) is 0 Å². The van der Waals surface area contributed by atoms with Gasteiger partial charge in [-0.2, -0.15) is 248 Å². The third-order valence-electron chi connectivity index (χ3n) is 16.9. The maximum absolute atomic E-state index is 15.1. The first kappa shape index (κ1) is 95.8. The molecule has 4 aliphatic carbocycles. The SMILES string of the molecule is CCN(c1nc(OCC(F)(F)C(F)(F)C(F)(F)C(F)(F)C(F)(F)C(F)(F)F)nc(OCC(F)(F)C(F)(F)C(F)(F)C(F)(F)C(F)(F)C(F)(F)F)n1)C12CC3CC(C1)CC(N(CC)c1nc(OCC(F)(F)C(F)(F)C(F)(F)C(F)(F)C(F)(F)C(F)(F)F)nc(OCC(F)(F)C(F)(F)C(F)(F)C(F)(F)C(F)(F)C(F)(F)F)n1)(C3)C2. The summed E-state index contributed by atoms with van der Waals surface area (Å²) in [6.07, 6.45) is -36.9. The number of ether oxygens (including phenoxy) is 4. The molecule has 0 N–H and O–H groups in total. The predicted molar refractivity (Wildman–Crippen MR) is 251 cm³/mol. The molecule has 112 heavy (non-hydrogen) atoms. The molecule has 64 heteroatoms. The molecule has 2 aromatic rings. The minimum absolute atomic E-state index is 0.310. The van der Waals surface area contributed by atoms with E-state index >= 15 is 35.1 Å². The lowest BCUT2D eigenvalue weighted by Crippen LogP contribution is -2.71. The molecule has 0 radical (unpaired) electrons. The van der Waals surface area contributed by atoms with Gasteiger partial charge in [-0.3, -0.25) is 0 Å². The number of aromatic nitrogens is 6. The minimum atomic E-state index is -8.73. The van der Waals surface area contributed by atoms with Gasteiger partial charge in [0.25, 0.3) is 0 Å². The van der Waals surface area contributed by atoms with E-state index in [0.29, 0.717) is 23.6 Å². The number of halogens is 52. The highest BCUT2D eigenvalue weighted by atomic mass is 19.5. The van der Waals surface area contributed by atoms with Crippen molar-refractivity contribution in [1.29, 1.82) is 0 Å². The summed E-state index contributed by atoms with van der Waals surface area (Å²) in [5, 5.41) is 0. The highest BCUT2D eigenvalue weighted by Crippen LogP contribution is 2.67. The highest BCUT2D eigenvalue weighted by Gasteiger charge is 2.95. The van der Waals surface area contributed by atoms with E-state index < -0.39 is 274 Å². The molecule has 0 aliphatic heterocycles. The number of rotatable bonds is 34. The highest BCUT2D eigenvalue weighted by molar-refractivity contribution is 5.45. The Hall–Kier alpha value is -6.82. The fraction of sp³-hybridized carbons (Fsp3) is 0.875. The summed E-state index contributed by atoms with van der Waals surface area (Å²) in [6, 6.07) is -10.8. The molecule has 6 rings (SSSR count). The Bertz CT molecular complexity index is 3250. The van der Waals surface area contributed by atoms with E-state index in [1.165, 1.54) is 0 Å². The van der Waals surface area contributed by atoms with Crippen LogP contribution < -0.4 is 28.7 Å². The van der Waals surface area contributed by atoms with Gasteiger partial charge in [-0.25, -0.2) is 0 Å². The van der Waals surface area contributed by atoms with E-state index in [9.17, 15) is 193 Å². The second kappa shape index (κ2) is 27.4. The number of hydrogen-bond acceptors (Lipinski definition) is 12. The molecule has 652 valence electrons. The lowest BCUT2D eigenvalue weighted by atomic mass is 9.49. The molecule has 4 saturated carbocycles. The lowest BCUT2D eigenvalue weighted by Gasteiger charge is -2.66. The van der Waals surface area contributed by atoms with Gasteiger partial charge < -0.3 is 28.7 Å². The Balaban J connectivity index is 1.75. The molecule has 0 unspecified atom stereocenters. The molecule has 2 aromatic heterocycles. The zero-order chi connectivity index (χ0) is 88.3. The maximum Gasteiger partial charge on any atom is 0.460 e. The van der Waals surface area contributed by atoms with Crippen molar-refractivity contribution in [3.05, 3.63) is 0 Å². The number of hydrogen-bond donors (Lipinski definition) is 0. The summed E-state index contributed by atoms with van der Waals surface area (Å²) in [5.74, 6) is -174. The van der Waals surface area contributed by atoms with Crippen molar-refractivity contribution in [3.8, 4) is 24.0 Å². The first-order valence-electron chi connectivity index (χ1n) is 28.4. The second-order valence-corrected chi connectivity index (χ2v) is 24.5. The summed E-state index contributed by atoms with van der Waals surface area (Å²) < 4.78 is 745. The van der Waals surface area contributed by atoms with Gasteiger partial charge in [0.15, 0.2) is 26.4 Å². The minimum Gasteiger partial charge on any atom is -0.457 e. The Morgan fingerprint density at radius 3 is 0.562 bits per heavy atom. The van der Waals surface area contributed by atoms with E-state index in [2.05, 4.69) is 48.9 Å². The van der Waals surface area contributed by atoms with Crippen LogP contribution >= 0.6 is 0 Å². The third-order valence-corrected chi connectivity index (χ3v) is 16.9. The monoisotopic (exact) mass is 1770 g/mol. The fourth-order valence-electron chi connectivity index (χ4n) is 11.5. The third kappa shape index (κ3) is 14.2. The zero-order valence-electron chi connectivity index (χ0n) is 52.5. The molecule has 12 nitrogen and oxygen atoms in total. The van der Waals surface area contributed by atoms with Crippen molar-refractivity contribution < 1.29 is 247 Å². The Labute approximate surface area is 581 Å². The lowest BCUT2D eigenvalue weighted by molar-refractivity contribution is -0.440. The van der Waals surface area contributed by atoms with Crippen LogP contribution in [0.3, 0.4) is 0 Å². The molecule has 4 fully saturated rings.